The van der Waals surface area contributed by atoms with E-state index >= 15 is 0 Å². The average Bonchev–Trinajstić information content (AvgIpc) is 2.72. The Morgan fingerprint density at radius 1 is 1.28 bits per heavy atom. The molecule has 0 spiro atoms. The molecule has 0 saturated carbocycles. The van der Waals surface area contributed by atoms with Crippen LogP contribution in [0, 0.1) is 6.92 Å². The van der Waals surface area contributed by atoms with E-state index in [0.717, 1.165) is 28.7 Å². The zero-order valence-corrected chi connectivity index (χ0v) is 11.3. The molecule has 0 radical (unpaired) electrons. The highest BCUT2D eigenvalue weighted by molar-refractivity contribution is 5.80. The molecule has 0 saturated heterocycles. The lowest BCUT2D eigenvalue weighted by molar-refractivity contribution is 0.112. The van der Waals surface area contributed by atoms with Crippen LogP contribution < -0.4 is 0 Å². The van der Waals surface area contributed by atoms with E-state index in [1.165, 1.54) is 0 Å². The van der Waals surface area contributed by atoms with Gasteiger partial charge in [-0.1, -0.05) is 26.0 Å². The number of benzene rings is 1. The minimum Gasteiger partial charge on any atom is -0.298 e. The van der Waals surface area contributed by atoms with Crippen molar-refractivity contribution in [2.24, 2.45) is 7.05 Å². The largest absolute Gasteiger partial charge is 0.298 e. The molecule has 2 rings (SSSR count). The van der Waals surface area contributed by atoms with Gasteiger partial charge in [0.15, 0.2) is 0 Å². The van der Waals surface area contributed by atoms with Gasteiger partial charge < -0.3 is 0 Å². The maximum absolute atomic E-state index is 10.9. The van der Waals surface area contributed by atoms with Crippen molar-refractivity contribution in [3.05, 3.63) is 41.2 Å². The van der Waals surface area contributed by atoms with E-state index in [4.69, 9.17) is 0 Å². The SMILES string of the molecule is Cc1ccc(C=O)cc1-c1cn(C)nc1C(C)C. The van der Waals surface area contributed by atoms with E-state index < -0.39 is 0 Å². The summed E-state index contributed by atoms with van der Waals surface area (Å²) in [5.74, 6) is 0.362. The van der Waals surface area contributed by atoms with Crippen LogP contribution in [-0.4, -0.2) is 16.1 Å². The van der Waals surface area contributed by atoms with Crippen LogP contribution in [0.1, 0.15) is 41.4 Å². The van der Waals surface area contributed by atoms with Gasteiger partial charge in [0.1, 0.15) is 6.29 Å². The highest BCUT2D eigenvalue weighted by Gasteiger charge is 2.15. The van der Waals surface area contributed by atoms with Gasteiger partial charge in [-0.15, -0.1) is 0 Å². The summed E-state index contributed by atoms with van der Waals surface area (Å²) in [4.78, 5) is 10.9. The first-order valence-electron chi connectivity index (χ1n) is 6.12. The molecule has 94 valence electrons. The van der Waals surface area contributed by atoms with E-state index in [1.807, 2.05) is 36.1 Å². The number of carbonyl (C=O) groups excluding carboxylic acids is 1. The first-order chi connectivity index (χ1) is 8.52. The molecule has 0 N–H and O–H groups in total. The van der Waals surface area contributed by atoms with Crippen LogP contribution in [0.5, 0.6) is 0 Å². The number of aryl methyl sites for hydroxylation is 2. The third-order valence-corrected chi connectivity index (χ3v) is 3.09. The lowest BCUT2D eigenvalue weighted by Gasteiger charge is -2.08. The van der Waals surface area contributed by atoms with E-state index in [1.54, 1.807) is 0 Å². The Morgan fingerprint density at radius 3 is 2.61 bits per heavy atom. The molecule has 1 aromatic heterocycles. The van der Waals surface area contributed by atoms with Gasteiger partial charge in [0.05, 0.1) is 5.69 Å². The Hall–Kier alpha value is -1.90. The molecule has 0 unspecified atom stereocenters. The van der Waals surface area contributed by atoms with Crippen molar-refractivity contribution in [1.29, 1.82) is 0 Å². The minimum atomic E-state index is 0.362. The fourth-order valence-corrected chi connectivity index (χ4v) is 2.14. The standard InChI is InChI=1S/C15H18N2O/c1-10(2)15-14(8-17(4)16-15)13-7-12(9-18)6-5-11(13)3/h5-10H,1-4H3. The highest BCUT2D eigenvalue weighted by Crippen LogP contribution is 2.30. The van der Waals surface area contributed by atoms with Crippen molar-refractivity contribution < 1.29 is 4.79 Å². The van der Waals surface area contributed by atoms with Crippen molar-refractivity contribution in [2.75, 3.05) is 0 Å². The summed E-state index contributed by atoms with van der Waals surface area (Å²) in [6.07, 6.45) is 2.90. The monoisotopic (exact) mass is 242 g/mol. The van der Waals surface area contributed by atoms with Crippen LogP contribution in [0.25, 0.3) is 11.1 Å². The van der Waals surface area contributed by atoms with E-state index in [0.29, 0.717) is 11.5 Å². The molecular weight excluding hydrogens is 224 g/mol. The lowest BCUT2D eigenvalue weighted by Crippen LogP contribution is -1.94. The smallest absolute Gasteiger partial charge is 0.150 e. The number of hydrogen-bond acceptors (Lipinski definition) is 2. The Balaban J connectivity index is 2.64. The normalized spacial score (nSPS) is 10.9. The van der Waals surface area contributed by atoms with E-state index in [-0.39, 0.29) is 0 Å². The zero-order valence-electron chi connectivity index (χ0n) is 11.3. The fraction of sp³-hybridized carbons (Fsp3) is 0.333. The Bertz CT molecular complexity index is 582. The average molecular weight is 242 g/mol. The Morgan fingerprint density at radius 2 is 2.00 bits per heavy atom. The van der Waals surface area contributed by atoms with Gasteiger partial charge >= 0.3 is 0 Å². The molecule has 0 fully saturated rings. The number of nitrogens with zero attached hydrogens (tertiary/aromatic N) is 2. The van der Waals surface area contributed by atoms with Crippen molar-refractivity contribution in [2.45, 2.75) is 26.7 Å². The van der Waals surface area contributed by atoms with Crippen LogP contribution in [-0.2, 0) is 7.05 Å². The minimum absolute atomic E-state index is 0.362. The van der Waals surface area contributed by atoms with Crippen molar-refractivity contribution in [3.63, 3.8) is 0 Å². The summed E-state index contributed by atoms with van der Waals surface area (Å²) in [7, 11) is 1.92. The van der Waals surface area contributed by atoms with E-state index in [9.17, 15) is 4.79 Å². The topological polar surface area (TPSA) is 34.9 Å². The van der Waals surface area contributed by atoms with Crippen molar-refractivity contribution >= 4 is 6.29 Å². The second-order valence-electron chi connectivity index (χ2n) is 4.95. The van der Waals surface area contributed by atoms with Gasteiger partial charge in [-0.3, -0.25) is 9.48 Å². The van der Waals surface area contributed by atoms with Gasteiger partial charge in [-0.2, -0.15) is 5.10 Å². The molecule has 0 aliphatic carbocycles. The van der Waals surface area contributed by atoms with E-state index in [2.05, 4.69) is 25.9 Å². The Kier molecular flexibility index (Phi) is 3.32. The molecule has 0 aliphatic heterocycles. The summed E-state index contributed by atoms with van der Waals surface area (Å²) in [6.45, 7) is 6.32. The molecule has 0 bridgehead atoms. The molecule has 0 amide bonds. The van der Waals surface area contributed by atoms with Crippen LogP contribution >= 0.6 is 0 Å². The molecule has 0 atom stereocenters. The number of rotatable bonds is 3. The molecular formula is C15H18N2O. The molecule has 0 aliphatic rings. The van der Waals surface area contributed by atoms with Gasteiger partial charge in [0, 0.05) is 24.4 Å². The molecule has 3 nitrogen and oxygen atoms in total. The van der Waals surface area contributed by atoms with Crippen LogP contribution in [0.2, 0.25) is 0 Å². The number of carbonyl (C=O) groups is 1. The highest BCUT2D eigenvalue weighted by atomic mass is 16.1. The molecule has 1 aromatic carbocycles. The maximum Gasteiger partial charge on any atom is 0.150 e. The second-order valence-corrected chi connectivity index (χ2v) is 4.95. The summed E-state index contributed by atoms with van der Waals surface area (Å²) in [6, 6.07) is 5.76. The summed E-state index contributed by atoms with van der Waals surface area (Å²) >= 11 is 0. The van der Waals surface area contributed by atoms with Crippen LogP contribution in [0.15, 0.2) is 24.4 Å². The first kappa shape index (κ1) is 12.6. The quantitative estimate of drug-likeness (QED) is 0.774. The molecule has 1 heterocycles. The number of aldehydes is 1. The predicted octanol–water partition coefficient (Wildman–Crippen LogP) is 3.33. The van der Waals surface area contributed by atoms with Crippen LogP contribution in [0.3, 0.4) is 0 Å². The molecule has 3 heteroatoms. The number of aromatic nitrogens is 2. The van der Waals surface area contributed by atoms with Gasteiger partial charge in [-0.05, 0) is 30.0 Å². The predicted molar refractivity (Wildman–Crippen MR) is 72.9 cm³/mol. The molecule has 18 heavy (non-hydrogen) atoms. The first-order valence-corrected chi connectivity index (χ1v) is 6.12. The van der Waals surface area contributed by atoms with Gasteiger partial charge in [0.25, 0.3) is 0 Å². The summed E-state index contributed by atoms with van der Waals surface area (Å²) in [5, 5.41) is 4.51. The third-order valence-electron chi connectivity index (χ3n) is 3.09. The Labute approximate surface area is 107 Å². The summed E-state index contributed by atoms with van der Waals surface area (Å²) < 4.78 is 1.83. The lowest BCUT2D eigenvalue weighted by atomic mass is 9.95. The molecule has 2 aromatic rings. The zero-order chi connectivity index (χ0) is 13.3. The van der Waals surface area contributed by atoms with Gasteiger partial charge in [-0.25, -0.2) is 0 Å². The van der Waals surface area contributed by atoms with Crippen molar-refractivity contribution in [1.82, 2.24) is 9.78 Å². The number of hydrogen-bond donors (Lipinski definition) is 0. The second kappa shape index (κ2) is 4.77. The third kappa shape index (κ3) is 2.21. The van der Waals surface area contributed by atoms with Crippen molar-refractivity contribution in [3.8, 4) is 11.1 Å². The van der Waals surface area contributed by atoms with Crippen LogP contribution in [0.4, 0.5) is 0 Å². The van der Waals surface area contributed by atoms with Gasteiger partial charge in [0.2, 0.25) is 0 Å². The fourth-order valence-electron chi connectivity index (χ4n) is 2.14. The summed E-state index contributed by atoms with van der Waals surface area (Å²) in [5.41, 5.74) is 5.15. The maximum atomic E-state index is 10.9.